The van der Waals surface area contributed by atoms with Crippen molar-refractivity contribution in [3.63, 3.8) is 0 Å². The van der Waals surface area contributed by atoms with E-state index >= 15 is 0 Å². The first-order chi connectivity index (χ1) is 10.2. The monoisotopic (exact) mass is 305 g/mol. The molecule has 4 heteroatoms. The number of hydrogen-bond acceptors (Lipinski definition) is 2. The third-order valence-corrected chi connectivity index (χ3v) is 3.75. The number of benzene rings is 2. The maximum Gasteiger partial charge on any atom is 0.141 e. The van der Waals surface area contributed by atoms with Gasteiger partial charge in [0.2, 0.25) is 0 Å². The van der Waals surface area contributed by atoms with Gasteiger partial charge in [-0.1, -0.05) is 29.8 Å². The minimum atomic E-state index is -0.409. The van der Waals surface area contributed by atoms with E-state index in [4.69, 9.17) is 16.3 Å². The molecule has 0 amide bonds. The minimum absolute atomic E-state index is 0.124. The first-order valence-electron chi connectivity index (χ1n) is 7.10. The second-order valence-corrected chi connectivity index (χ2v) is 5.75. The number of halogens is 2. The number of nitrogens with one attached hydrogen (secondary N) is 1. The van der Waals surface area contributed by atoms with Crippen molar-refractivity contribution in [3.8, 4) is 5.75 Å². The van der Waals surface area contributed by atoms with E-state index in [0.717, 1.165) is 17.9 Å². The van der Waals surface area contributed by atoms with E-state index in [0.29, 0.717) is 12.6 Å². The van der Waals surface area contributed by atoms with Gasteiger partial charge in [0.1, 0.15) is 18.2 Å². The van der Waals surface area contributed by atoms with Gasteiger partial charge in [-0.2, -0.15) is 0 Å². The van der Waals surface area contributed by atoms with Gasteiger partial charge >= 0.3 is 0 Å². The summed E-state index contributed by atoms with van der Waals surface area (Å²) >= 11 is 5.76. The van der Waals surface area contributed by atoms with Crippen LogP contribution < -0.4 is 10.1 Å². The van der Waals surface area contributed by atoms with Crippen molar-refractivity contribution in [1.82, 2.24) is 5.32 Å². The van der Waals surface area contributed by atoms with E-state index in [-0.39, 0.29) is 5.02 Å². The average Bonchev–Trinajstić information content (AvgIpc) is 3.31. The zero-order valence-corrected chi connectivity index (χ0v) is 12.4. The summed E-state index contributed by atoms with van der Waals surface area (Å²) in [4.78, 5) is 0. The van der Waals surface area contributed by atoms with Crippen LogP contribution in [-0.2, 0) is 13.2 Å². The van der Waals surface area contributed by atoms with Crippen LogP contribution in [0.5, 0.6) is 5.75 Å². The Morgan fingerprint density at radius 3 is 2.76 bits per heavy atom. The summed E-state index contributed by atoms with van der Waals surface area (Å²) in [7, 11) is 0. The fraction of sp³-hybridized carbons (Fsp3) is 0.294. The standard InChI is InChI=1S/C17H17ClFNO/c18-16-9-13(4-7-17(16)19)11-21-15-3-1-2-12(8-15)10-20-14-5-6-14/h1-4,7-9,14,20H,5-6,10-11H2. The molecule has 2 aromatic carbocycles. The van der Waals surface area contributed by atoms with Crippen LogP contribution in [0.15, 0.2) is 42.5 Å². The first kappa shape index (κ1) is 14.4. The largest absolute Gasteiger partial charge is 0.489 e. The molecule has 1 aliphatic rings. The molecule has 1 aliphatic carbocycles. The van der Waals surface area contributed by atoms with Crippen LogP contribution in [0.2, 0.25) is 5.02 Å². The van der Waals surface area contributed by atoms with E-state index in [9.17, 15) is 4.39 Å². The van der Waals surface area contributed by atoms with Gasteiger partial charge in [-0.15, -0.1) is 0 Å². The molecule has 0 heterocycles. The van der Waals surface area contributed by atoms with Crippen LogP contribution in [-0.4, -0.2) is 6.04 Å². The SMILES string of the molecule is Fc1ccc(COc2cccc(CNC3CC3)c2)cc1Cl. The summed E-state index contributed by atoms with van der Waals surface area (Å²) in [5, 5.41) is 3.60. The Bertz CT molecular complexity index is 628. The van der Waals surface area contributed by atoms with Crippen molar-refractivity contribution >= 4 is 11.6 Å². The Kier molecular flexibility index (Phi) is 4.42. The van der Waals surface area contributed by atoms with Gasteiger partial charge in [0.15, 0.2) is 0 Å². The van der Waals surface area contributed by atoms with Crippen LogP contribution in [0.4, 0.5) is 4.39 Å². The lowest BCUT2D eigenvalue weighted by atomic mass is 10.2. The Hall–Kier alpha value is -1.58. The highest BCUT2D eigenvalue weighted by Crippen LogP contribution is 2.21. The Balaban J connectivity index is 1.58. The molecule has 0 spiro atoms. The van der Waals surface area contributed by atoms with Crippen LogP contribution in [0.1, 0.15) is 24.0 Å². The molecule has 0 saturated heterocycles. The molecule has 2 nitrogen and oxygen atoms in total. The lowest BCUT2D eigenvalue weighted by molar-refractivity contribution is 0.305. The predicted octanol–water partition coefficient (Wildman–Crippen LogP) is 4.31. The Morgan fingerprint density at radius 1 is 1.14 bits per heavy atom. The quantitative estimate of drug-likeness (QED) is 0.858. The molecule has 0 aliphatic heterocycles. The second-order valence-electron chi connectivity index (χ2n) is 5.34. The average molecular weight is 306 g/mol. The Labute approximate surface area is 128 Å². The van der Waals surface area contributed by atoms with Crippen molar-refractivity contribution < 1.29 is 9.13 Å². The summed E-state index contributed by atoms with van der Waals surface area (Å²) in [6.07, 6.45) is 2.56. The van der Waals surface area contributed by atoms with Crippen LogP contribution >= 0.6 is 11.6 Å². The molecule has 110 valence electrons. The molecule has 0 atom stereocenters. The molecule has 1 N–H and O–H groups in total. The molecule has 0 radical (unpaired) electrons. The molecule has 1 fully saturated rings. The summed E-state index contributed by atoms with van der Waals surface area (Å²) in [6, 6.07) is 13.3. The lowest BCUT2D eigenvalue weighted by Crippen LogP contribution is -2.15. The van der Waals surface area contributed by atoms with Gasteiger partial charge in [-0.3, -0.25) is 0 Å². The highest BCUT2D eigenvalue weighted by molar-refractivity contribution is 6.30. The third-order valence-electron chi connectivity index (χ3n) is 3.46. The van der Waals surface area contributed by atoms with E-state index in [2.05, 4.69) is 11.4 Å². The van der Waals surface area contributed by atoms with Crippen LogP contribution in [0.3, 0.4) is 0 Å². The molecular formula is C17H17ClFNO. The smallest absolute Gasteiger partial charge is 0.141 e. The molecule has 2 aromatic rings. The maximum absolute atomic E-state index is 13.1. The molecule has 0 unspecified atom stereocenters. The summed E-state index contributed by atoms with van der Waals surface area (Å²) in [5.41, 5.74) is 2.06. The van der Waals surface area contributed by atoms with Crippen molar-refractivity contribution in [1.29, 1.82) is 0 Å². The van der Waals surface area contributed by atoms with Crippen molar-refractivity contribution in [2.75, 3.05) is 0 Å². The second kappa shape index (κ2) is 6.46. The summed E-state index contributed by atoms with van der Waals surface area (Å²) in [5.74, 6) is 0.402. The highest BCUT2D eigenvalue weighted by Gasteiger charge is 2.19. The van der Waals surface area contributed by atoms with Crippen molar-refractivity contribution in [2.45, 2.75) is 32.0 Å². The van der Waals surface area contributed by atoms with Gasteiger partial charge < -0.3 is 10.1 Å². The van der Waals surface area contributed by atoms with Crippen molar-refractivity contribution in [3.05, 3.63) is 64.4 Å². The van der Waals surface area contributed by atoms with Gasteiger partial charge in [-0.25, -0.2) is 4.39 Å². The summed E-state index contributed by atoms with van der Waals surface area (Å²) < 4.78 is 18.8. The Morgan fingerprint density at radius 2 is 2.00 bits per heavy atom. The van der Waals surface area contributed by atoms with Crippen LogP contribution in [0, 0.1) is 5.82 Å². The maximum atomic E-state index is 13.1. The highest BCUT2D eigenvalue weighted by atomic mass is 35.5. The van der Waals surface area contributed by atoms with E-state index in [1.807, 2.05) is 18.2 Å². The minimum Gasteiger partial charge on any atom is -0.489 e. The first-order valence-corrected chi connectivity index (χ1v) is 7.47. The lowest BCUT2D eigenvalue weighted by Gasteiger charge is -2.09. The zero-order valence-electron chi connectivity index (χ0n) is 11.6. The van der Waals surface area contributed by atoms with Crippen molar-refractivity contribution in [2.24, 2.45) is 0 Å². The van der Waals surface area contributed by atoms with Gasteiger partial charge in [0.05, 0.1) is 5.02 Å². The molecule has 1 saturated carbocycles. The van der Waals surface area contributed by atoms with E-state index < -0.39 is 5.82 Å². The molecular weight excluding hydrogens is 289 g/mol. The molecule has 3 rings (SSSR count). The van der Waals surface area contributed by atoms with Crippen LogP contribution in [0.25, 0.3) is 0 Å². The van der Waals surface area contributed by atoms with Gasteiger partial charge in [0.25, 0.3) is 0 Å². The fourth-order valence-corrected chi connectivity index (χ4v) is 2.29. The topological polar surface area (TPSA) is 21.3 Å². The zero-order chi connectivity index (χ0) is 14.7. The number of rotatable bonds is 6. The number of hydrogen-bond donors (Lipinski definition) is 1. The molecule has 0 bridgehead atoms. The number of ether oxygens (including phenoxy) is 1. The van der Waals surface area contributed by atoms with Gasteiger partial charge in [-0.05, 0) is 48.2 Å². The van der Waals surface area contributed by atoms with E-state index in [1.165, 1.54) is 24.5 Å². The fourth-order valence-electron chi connectivity index (χ4n) is 2.09. The predicted molar refractivity (Wildman–Crippen MR) is 82.0 cm³/mol. The normalized spacial score (nSPS) is 14.2. The third kappa shape index (κ3) is 4.19. The summed E-state index contributed by atoms with van der Waals surface area (Å²) in [6.45, 7) is 1.24. The van der Waals surface area contributed by atoms with Gasteiger partial charge in [0, 0.05) is 12.6 Å². The molecule has 0 aromatic heterocycles. The molecule has 21 heavy (non-hydrogen) atoms. The van der Waals surface area contributed by atoms with E-state index in [1.54, 1.807) is 12.1 Å².